The molecule has 0 spiro atoms. The Labute approximate surface area is 158 Å². The topological polar surface area (TPSA) is 0 Å². The van der Waals surface area contributed by atoms with Gasteiger partial charge in [0.25, 0.3) is 0 Å². The van der Waals surface area contributed by atoms with Gasteiger partial charge < -0.3 is 0 Å². The maximum Gasteiger partial charge on any atom is 0.0484 e. The Bertz CT molecular complexity index is 759. The fraction of sp³-hybridized carbons (Fsp3) is 0.429. The molecule has 0 fully saturated rings. The van der Waals surface area contributed by atoms with Gasteiger partial charge in [-0.3, -0.25) is 0 Å². The largest absolute Gasteiger partial charge is 0.143 e. The predicted molar refractivity (Wildman–Crippen MR) is 113 cm³/mol. The van der Waals surface area contributed by atoms with E-state index in [1.54, 1.807) is 11.1 Å². The lowest BCUT2D eigenvalue weighted by atomic mass is 9.97. The molecule has 3 heterocycles. The Morgan fingerprint density at radius 1 is 0.792 bits per heavy atom. The standard InChI is InChI=1S/C21H26S3/c1-4-6-9-16-17(10-7-5-2)21(19-13-12-15(3)23-19)24-20(16)18-11-8-14-22-18/h8,11-14H,4-7,9-10H2,1-3H3. The van der Waals surface area contributed by atoms with E-state index < -0.39 is 0 Å². The van der Waals surface area contributed by atoms with Crippen molar-refractivity contribution in [1.29, 1.82) is 0 Å². The molecule has 128 valence electrons. The summed E-state index contributed by atoms with van der Waals surface area (Å²) in [6, 6.07) is 9.06. The van der Waals surface area contributed by atoms with Crippen LogP contribution < -0.4 is 0 Å². The van der Waals surface area contributed by atoms with Gasteiger partial charge in [-0.2, -0.15) is 0 Å². The zero-order chi connectivity index (χ0) is 16.9. The SMILES string of the molecule is CCCCc1c(-c2cccs2)sc(-c2ccc(C)s2)c1CCCC. The molecule has 24 heavy (non-hydrogen) atoms. The van der Waals surface area contributed by atoms with Gasteiger partial charge in [0, 0.05) is 24.4 Å². The molecule has 0 radical (unpaired) electrons. The molecule has 0 aliphatic heterocycles. The van der Waals surface area contributed by atoms with Gasteiger partial charge in [-0.15, -0.1) is 34.0 Å². The fourth-order valence-electron chi connectivity index (χ4n) is 3.10. The van der Waals surface area contributed by atoms with Gasteiger partial charge in [0.15, 0.2) is 0 Å². The van der Waals surface area contributed by atoms with Crippen molar-refractivity contribution in [2.75, 3.05) is 0 Å². The summed E-state index contributed by atoms with van der Waals surface area (Å²) in [7, 11) is 0. The van der Waals surface area contributed by atoms with Gasteiger partial charge in [0.2, 0.25) is 0 Å². The van der Waals surface area contributed by atoms with E-state index in [0.717, 1.165) is 0 Å². The molecule has 3 heteroatoms. The second-order valence-corrected chi connectivity index (χ2v) is 9.57. The van der Waals surface area contributed by atoms with E-state index in [-0.39, 0.29) is 0 Å². The molecule has 0 N–H and O–H groups in total. The summed E-state index contributed by atoms with van der Waals surface area (Å²) in [5.41, 5.74) is 3.28. The van der Waals surface area contributed by atoms with E-state index in [0.29, 0.717) is 0 Å². The van der Waals surface area contributed by atoms with Gasteiger partial charge in [-0.05, 0) is 67.3 Å². The summed E-state index contributed by atoms with van der Waals surface area (Å²) in [5, 5.41) is 2.21. The van der Waals surface area contributed by atoms with Gasteiger partial charge in [-0.25, -0.2) is 0 Å². The van der Waals surface area contributed by atoms with Gasteiger partial charge in [0.05, 0.1) is 0 Å². The molecule has 0 nitrogen and oxygen atoms in total. The number of aryl methyl sites for hydroxylation is 1. The summed E-state index contributed by atoms with van der Waals surface area (Å²) in [6.45, 7) is 6.81. The van der Waals surface area contributed by atoms with Crippen molar-refractivity contribution in [2.24, 2.45) is 0 Å². The normalized spacial score (nSPS) is 11.3. The fourth-order valence-corrected chi connectivity index (χ4v) is 6.38. The number of rotatable bonds is 8. The van der Waals surface area contributed by atoms with Crippen molar-refractivity contribution in [3.63, 3.8) is 0 Å². The van der Waals surface area contributed by atoms with Crippen LogP contribution in [0.3, 0.4) is 0 Å². The monoisotopic (exact) mass is 374 g/mol. The lowest BCUT2D eigenvalue weighted by molar-refractivity contribution is 0.764. The van der Waals surface area contributed by atoms with Crippen LogP contribution in [0.15, 0.2) is 29.6 Å². The van der Waals surface area contributed by atoms with Crippen LogP contribution in [0.5, 0.6) is 0 Å². The van der Waals surface area contributed by atoms with E-state index in [1.165, 1.54) is 62.9 Å². The van der Waals surface area contributed by atoms with Crippen LogP contribution in [-0.2, 0) is 12.8 Å². The molecule has 0 aliphatic carbocycles. The number of hydrogen-bond acceptors (Lipinski definition) is 3. The highest BCUT2D eigenvalue weighted by molar-refractivity contribution is 7.26. The first-order valence-electron chi connectivity index (χ1n) is 8.99. The molecule has 3 aromatic rings. The molecule has 0 saturated heterocycles. The second kappa shape index (κ2) is 8.46. The average Bonchev–Trinajstić information content (AvgIpc) is 3.30. The van der Waals surface area contributed by atoms with Crippen molar-refractivity contribution < 1.29 is 0 Å². The highest BCUT2D eigenvalue weighted by atomic mass is 32.1. The Morgan fingerprint density at radius 2 is 1.46 bits per heavy atom. The second-order valence-electron chi connectivity index (χ2n) is 6.31. The van der Waals surface area contributed by atoms with Crippen LogP contribution in [0.25, 0.3) is 19.5 Å². The minimum atomic E-state index is 1.23. The number of thiophene rings is 3. The molecule has 0 saturated carbocycles. The quantitative estimate of drug-likeness (QED) is 0.373. The molecule has 0 aliphatic rings. The first kappa shape index (κ1) is 17.9. The van der Waals surface area contributed by atoms with Crippen LogP contribution in [0, 0.1) is 6.92 Å². The Hall–Kier alpha value is -0.900. The van der Waals surface area contributed by atoms with E-state index in [2.05, 4.69) is 50.4 Å². The lowest BCUT2D eigenvalue weighted by Gasteiger charge is -2.08. The minimum absolute atomic E-state index is 1.23. The molecular weight excluding hydrogens is 348 g/mol. The summed E-state index contributed by atoms with van der Waals surface area (Å²) >= 11 is 5.86. The number of unbranched alkanes of at least 4 members (excludes halogenated alkanes) is 2. The third kappa shape index (κ3) is 3.84. The summed E-state index contributed by atoms with van der Waals surface area (Å²) in [4.78, 5) is 7.39. The molecule has 3 rings (SSSR count). The zero-order valence-electron chi connectivity index (χ0n) is 14.9. The molecule has 3 aromatic heterocycles. The first-order chi connectivity index (χ1) is 11.7. The van der Waals surface area contributed by atoms with Crippen LogP contribution in [0.1, 0.15) is 55.5 Å². The van der Waals surface area contributed by atoms with Crippen molar-refractivity contribution in [2.45, 2.75) is 59.3 Å². The smallest absolute Gasteiger partial charge is 0.0484 e. The summed E-state index contributed by atoms with van der Waals surface area (Å²) in [5.74, 6) is 0. The van der Waals surface area contributed by atoms with E-state index >= 15 is 0 Å². The third-order valence-electron chi connectivity index (χ3n) is 4.39. The highest BCUT2D eigenvalue weighted by Gasteiger charge is 2.21. The molecular formula is C21H26S3. The first-order valence-corrected chi connectivity index (χ1v) is 11.5. The van der Waals surface area contributed by atoms with Gasteiger partial charge in [-0.1, -0.05) is 32.8 Å². The van der Waals surface area contributed by atoms with E-state index in [9.17, 15) is 0 Å². The van der Waals surface area contributed by atoms with Crippen LogP contribution in [-0.4, -0.2) is 0 Å². The van der Waals surface area contributed by atoms with E-state index in [4.69, 9.17) is 0 Å². The Kier molecular flexibility index (Phi) is 6.31. The molecule has 0 amide bonds. The average molecular weight is 375 g/mol. The maximum absolute atomic E-state index is 2.32. The molecule has 0 aromatic carbocycles. The molecule has 0 bridgehead atoms. The highest BCUT2D eigenvalue weighted by Crippen LogP contribution is 2.46. The Morgan fingerprint density at radius 3 is 1.96 bits per heavy atom. The molecule has 0 atom stereocenters. The van der Waals surface area contributed by atoms with Crippen molar-refractivity contribution in [3.05, 3.63) is 45.6 Å². The van der Waals surface area contributed by atoms with Gasteiger partial charge in [0.1, 0.15) is 0 Å². The van der Waals surface area contributed by atoms with Crippen molar-refractivity contribution in [3.8, 4) is 19.5 Å². The Balaban J connectivity index is 2.12. The van der Waals surface area contributed by atoms with Crippen LogP contribution >= 0.6 is 34.0 Å². The third-order valence-corrected chi connectivity index (χ3v) is 7.89. The maximum atomic E-state index is 2.32. The van der Waals surface area contributed by atoms with Gasteiger partial charge >= 0.3 is 0 Å². The van der Waals surface area contributed by atoms with Crippen LogP contribution in [0.2, 0.25) is 0 Å². The number of hydrogen-bond donors (Lipinski definition) is 0. The zero-order valence-corrected chi connectivity index (χ0v) is 17.3. The predicted octanol–water partition coefficient (Wildman–Crippen LogP) is 8.20. The minimum Gasteiger partial charge on any atom is -0.143 e. The summed E-state index contributed by atoms with van der Waals surface area (Å²) in [6.07, 6.45) is 7.56. The van der Waals surface area contributed by atoms with Crippen molar-refractivity contribution in [1.82, 2.24) is 0 Å². The lowest BCUT2D eigenvalue weighted by Crippen LogP contribution is -1.94. The van der Waals surface area contributed by atoms with E-state index in [1.807, 2.05) is 34.0 Å². The summed E-state index contributed by atoms with van der Waals surface area (Å²) < 4.78 is 0. The van der Waals surface area contributed by atoms with Crippen molar-refractivity contribution >= 4 is 34.0 Å². The molecule has 0 unspecified atom stereocenters. The van der Waals surface area contributed by atoms with Crippen LogP contribution in [0.4, 0.5) is 0 Å².